The van der Waals surface area contributed by atoms with Gasteiger partial charge >= 0.3 is 0 Å². The molecule has 2 aromatic carbocycles. The fraction of sp³-hybridized carbons (Fsp3) is 0.300. The number of anilines is 2. The molecular formula is C20H21F2N3O2. The molecule has 7 heteroatoms. The van der Waals surface area contributed by atoms with Gasteiger partial charge in [-0.1, -0.05) is 0 Å². The number of benzene rings is 2. The van der Waals surface area contributed by atoms with Gasteiger partial charge in [-0.05, 0) is 43.3 Å². The molecular weight excluding hydrogens is 352 g/mol. The van der Waals surface area contributed by atoms with Crippen LogP contribution in [0.15, 0.2) is 42.5 Å². The molecule has 1 amide bonds. The lowest BCUT2D eigenvalue weighted by Gasteiger charge is -2.35. The van der Waals surface area contributed by atoms with Crippen LogP contribution in [0.25, 0.3) is 0 Å². The van der Waals surface area contributed by atoms with Crippen molar-refractivity contribution < 1.29 is 18.4 Å². The Kier molecular flexibility index (Phi) is 5.81. The van der Waals surface area contributed by atoms with Crippen molar-refractivity contribution in [2.24, 2.45) is 0 Å². The predicted octanol–water partition coefficient (Wildman–Crippen LogP) is 2.93. The summed E-state index contributed by atoms with van der Waals surface area (Å²) in [6.07, 6.45) is 0. The molecule has 0 aliphatic carbocycles. The van der Waals surface area contributed by atoms with Crippen LogP contribution in [0.5, 0.6) is 0 Å². The summed E-state index contributed by atoms with van der Waals surface area (Å²) in [6, 6.07) is 10.8. The van der Waals surface area contributed by atoms with Gasteiger partial charge in [-0.15, -0.1) is 0 Å². The van der Waals surface area contributed by atoms with Crippen LogP contribution in [0.4, 0.5) is 20.2 Å². The predicted molar refractivity (Wildman–Crippen MR) is 100 cm³/mol. The van der Waals surface area contributed by atoms with Crippen LogP contribution in [-0.4, -0.2) is 49.3 Å². The van der Waals surface area contributed by atoms with E-state index in [1.807, 2.05) is 29.2 Å². The molecule has 0 spiro atoms. The number of rotatable bonds is 5. The maximum Gasteiger partial charge on any atom is 0.238 e. The Bertz CT molecular complexity index is 832. The fourth-order valence-electron chi connectivity index (χ4n) is 3.05. The number of nitrogens with zero attached hydrogens (tertiary/aromatic N) is 2. The highest BCUT2D eigenvalue weighted by Gasteiger charge is 2.19. The molecule has 3 rings (SSSR count). The van der Waals surface area contributed by atoms with Crippen LogP contribution >= 0.6 is 0 Å². The fourth-order valence-corrected chi connectivity index (χ4v) is 3.05. The Morgan fingerprint density at radius 2 is 1.63 bits per heavy atom. The Morgan fingerprint density at radius 1 is 0.963 bits per heavy atom. The maximum atomic E-state index is 13.2. The summed E-state index contributed by atoms with van der Waals surface area (Å²) in [5, 5.41) is 2.58. The van der Waals surface area contributed by atoms with Crippen LogP contribution in [0.3, 0.4) is 0 Å². The number of hydrogen-bond acceptors (Lipinski definition) is 4. The first-order valence-corrected chi connectivity index (χ1v) is 8.75. The van der Waals surface area contributed by atoms with Gasteiger partial charge in [-0.25, -0.2) is 8.78 Å². The molecule has 1 fully saturated rings. The van der Waals surface area contributed by atoms with Crippen molar-refractivity contribution in [3.8, 4) is 0 Å². The Morgan fingerprint density at radius 3 is 2.22 bits per heavy atom. The molecule has 1 N–H and O–H groups in total. The number of carbonyl (C=O) groups is 2. The molecule has 142 valence electrons. The summed E-state index contributed by atoms with van der Waals surface area (Å²) in [6.45, 7) is 4.67. The normalized spacial score (nSPS) is 14.9. The second kappa shape index (κ2) is 8.26. The highest BCUT2D eigenvalue weighted by Crippen LogP contribution is 2.18. The van der Waals surface area contributed by atoms with E-state index < -0.39 is 11.6 Å². The third-order valence-corrected chi connectivity index (χ3v) is 4.58. The summed E-state index contributed by atoms with van der Waals surface area (Å²) in [4.78, 5) is 27.7. The van der Waals surface area contributed by atoms with Crippen molar-refractivity contribution in [3.63, 3.8) is 0 Å². The molecule has 0 radical (unpaired) electrons. The average Bonchev–Trinajstić information content (AvgIpc) is 2.65. The van der Waals surface area contributed by atoms with E-state index in [2.05, 4.69) is 10.2 Å². The number of nitrogens with one attached hydrogen (secondary N) is 1. The third kappa shape index (κ3) is 4.89. The topological polar surface area (TPSA) is 52.7 Å². The van der Waals surface area contributed by atoms with Crippen molar-refractivity contribution in [2.45, 2.75) is 6.92 Å². The van der Waals surface area contributed by atoms with E-state index in [1.165, 1.54) is 6.07 Å². The minimum absolute atomic E-state index is 0.0402. The summed E-state index contributed by atoms with van der Waals surface area (Å²) < 4.78 is 26.1. The highest BCUT2D eigenvalue weighted by molar-refractivity contribution is 5.94. The summed E-state index contributed by atoms with van der Waals surface area (Å²) in [5.74, 6) is -2.16. The smallest absolute Gasteiger partial charge is 0.238 e. The Hall–Kier alpha value is -2.80. The number of Topliss-reactive ketones (excluding diaryl/α,β-unsaturated/α-hetero) is 1. The van der Waals surface area contributed by atoms with E-state index >= 15 is 0 Å². The number of carbonyl (C=O) groups excluding carboxylic acids is 2. The van der Waals surface area contributed by atoms with E-state index in [0.717, 1.165) is 30.9 Å². The molecule has 1 saturated heterocycles. The molecule has 0 aromatic heterocycles. The van der Waals surface area contributed by atoms with Gasteiger partial charge in [0.15, 0.2) is 17.4 Å². The Labute approximate surface area is 156 Å². The van der Waals surface area contributed by atoms with E-state index in [4.69, 9.17) is 0 Å². The minimum Gasteiger partial charge on any atom is -0.369 e. The number of amides is 1. The first-order chi connectivity index (χ1) is 12.9. The van der Waals surface area contributed by atoms with Crippen molar-refractivity contribution in [1.82, 2.24) is 4.90 Å². The van der Waals surface area contributed by atoms with Crippen molar-refractivity contribution >= 4 is 23.1 Å². The lowest BCUT2D eigenvalue weighted by atomic mass is 10.1. The number of hydrogen-bond donors (Lipinski definition) is 1. The second-order valence-electron chi connectivity index (χ2n) is 6.54. The quantitative estimate of drug-likeness (QED) is 0.819. The van der Waals surface area contributed by atoms with Gasteiger partial charge in [0.1, 0.15) is 0 Å². The van der Waals surface area contributed by atoms with Gasteiger partial charge in [0.2, 0.25) is 5.91 Å². The van der Waals surface area contributed by atoms with Gasteiger partial charge in [0, 0.05) is 49.2 Å². The van der Waals surface area contributed by atoms with Crippen molar-refractivity contribution in [3.05, 3.63) is 59.7 Å². The average molecular weight is 373 g/mol. The number of halogens is 2. The van der Waals surface area contributed by atoms with E-state index in [-0.39, 0.29) is 23.9 Å². The van der Waals surface area contributed by atoms with Gasteiger partial charge in [0.05, 0.1) is 6.54 Å². The molecule has 0 unspecified atom stereocenters. The third-order valence-electron chi connectivity index (χ3n) is 4.58. The molecule has 0 atom stereocenters. The van der Waals surface area contributed by atoms with Crippen LogP contribution in [0.2, 0.25) is 0 Å². The largest absolute Gasteiger partial charge is 0.369 e. The molecule has 1 heterocycles. The second-order valence-corrected chi connectivity index (χ2v) is 6.54. The Balaban J connectivity index is 1.49. The van der Waals surface area contributed by atoms with Gasteiger partial charge in [0.25, 0.3) is 0 Å². The summed E-state index contributed by atoms with van der Waals surface area (Å²) >= 11 is 0. The van der Waals surface area contributed by atoms with Crippen LogP contribution in [-0.2, 0) is 4.79 Å². The summed E-state index contributed by atoms with van der Waals surface area (Å²) in [5.41, 5.74) is 1.97. The molecule has 1 aliphatic rings. The summed E-state index contributed by atoms with van der Waals surface area (Å²) in [7, 11) is 0. The minimum atomic E-state index is -0.989. The van der Waals surface area contributed by atoms with Crippen LogP contribution in [0.1, 0.15) is 17.3 Å². The lowest BCUT2D eigenvalue weighted by molar-refractivity contribution is -0.117. The number of ketones is 1. The lowest BCUT2D eigenvalue weighted by Crippen LogP contribution is -2.48. The first-order valence-electron chi connectivity index (χ1n) is 8.75. The highest BCUT2D eigenvalue weighted by atomic mass is 19.2. The molecule has 5 nitrogen and oxygen atoms in total. The van der Waals surface area contributed by atoms with Gasteiger partial charge in [-0.3, -0.25) is 14.5 Å². The van der Waals surface area contributed by atoms with Crippen LogP contribution < -0.4 is 10.2 Å². The van der Waals surface area contributed by atoms with Crippen molar-refractivity contribution in [2.75, 3.05) is 42.9 Å². The standard InChI is InChI=1S/C20H21F2N3O2/c1-14(26)15-2-5-17(6-3-15)25-10-8-24(9-11-25)13-20(27)23-16-4-7-18(21)19(22)12-16/h2-7,12H,8-11,13H2,1H3,(H,23,27). The van der Waals surface area contributed by atoms with E-state index in [0.29, 0.717) is 18.7 Å². The zero-order valence-electron chi connectivity index (χ0n) is 15.0. The first kappa shape index (κ1) is 19.0. The molecule has 0 saturated carbocycles. The van der Waals surface area contributed by atoms with Gasteiger partial charge in [-0.2, -0.15) is 0 Å². The van der Waals surface area contributed by atoms with E-state index in [1.54, 1.807) is 6.92 Å². The zero-order valence-corrected chi connectivity index (χ0v) is 15.0. The van der Waals surface area contributed by atoms with Crippen LogP contribution in [0, 0.1) is 11.6 Å². The van der Waals surface area contributed by atoms with E-state index in [9.17, 15) is 18.4 Å². The van der Waals surface area contributed by atoms with Gasteiger partial charge < -0.3 is 10.2 Å². The molecule has 0 bridgehead atoms. The molecule has 1 aliphatic heterocycles. The molecule has 27 heavy (non-hydrogen) atoms. The zero-order chi connectivity index (χ0) is 19.4. The number of piperazine rings is 1. The van der Waals surface area contributed by atoms with Crippen molar-refractivity contribution in [1.29, 1.82) is 0 Å². The monoisotopic (exact) mass is 373 g/mol. The molecule has 2 aromatic rings. The maximum absolute atomic E-state index is 13.2. The SMILES string of the molecule is CC(=O)c1ccc(N2CCN(CC(=O)Nc3ccc(F)c(F)c3)CC2)cc1.